The van der Waals surface area contributed by atoms with Crippen molar-refractivity contribution in [3.05, 3.63) is 18.3 Å². The molecular weight excluding hydrogens is 194 g/mol. The average molecular weight is 199 g/mol. The molecule has 0 atom stereocenters. The van der Waals surface area contributed by atoms with Crippen LogP contribution in [0, 0.1) is 0 Å². The number of pyridine rings is 1. The van der Waals surface area contributed by atoms with E-state index in [2.05, 4.69) is 15.2 Å². The molecule has 0 amide bonds. The summed E-state index contributed by atoms with van der Waals surface area (Å²) in [6, 6.07) is 3.07. The van der Waals surface area contributed by atoms with E-state index in [0.717, 1.165) is 0 Å². The Morgan fingerprint density at radius 2 is 2.23 bits per heavy atom. The van der Waals surface area contributed by atoms with Crippen molar-refractivity contribution in [3.8, 4) is 0 Å². The molecule has 0 aliphatic carbocycles. The summed E-state index contributed by atoms with van der Waals surface area (Å²) in [6.07, 6.45) is 1.48. The fraction of sp³-hybridized carbons (Fsp3) is 0. The monoisotopic (exact) mass is 199 g/mol. The molecule has 2 N–H and O–H groups in total. The Labute approximate surface area is 73.4 Å². The molecule has 2 heterocycles. The Hall–Kier alpha value is -1.47. The second-order valence-electron chi connectivity index (χ2n) is 2.40. The Balaban J connectivity index is 2.87. The molecule has 0 fully saturated rings. The van der Waals surface area contributed by atoms with Gasteiger partial charge in [-0.05, 0) is 12.1 Å². The van der Waals surface area contributed by atoms with Crippen LogP contribution in [0.25, 0.3) is 11.0 Å². The minimum Gasteiger partial charge on any atom is -0.281 e. The van der Waals surface area contributed by atoms with Gasteiger partial charge in [-0.3, -0.25) is 9.65 Å². The lowest BCUT2D eigenvalue weighted by molar-refractivity contribution is 0.480. The summed E-state index contributed by atoms with van der Waals surface area (Å²) in [6.45, 7) is 0. The van der Waals surface area contributed by atoms with Crippen LogP contribution in [-0.2, 0) is 10.1 Å². The average Bonchev–Trinajstić information content (AvgIpc) is 2.45. The van der Waals surface area contributed by atoms with Crippen LogP contribution in [0.2, 0.25) is 0 Å². The lowest BCUT2D eigenvalue weighted by Gasteiger charge is -1.90. The molecule has 0 bridgehead atoms. The van der Waals surface area contributed by atoms with E-state index in [9.17, 15) is 8.42 Å². The van der Waals surface area contributed by atoms with Crippen LogP contribution in [0.1, 0.15) is 0 Å². The van der Waals surface area contributed by atoms with Crippen molar-refractivity contribution in [1.82, 2.24) is 15.2 Å². The maximum atomic E-state index is 10.8. The molecular formula is C6H5N3O3S. The number of rotatable bonds is 1. The van der Waals surface area contributed by atoms with Crippen LogP contribution in [-0.4, -0.2) is 28.2 Å². The van der Waals surface area contributed by atoms with Crippen LogP contribution in [0.4, 0.5) is 0 Å². The molecule has 2 aromatic heterocycles. The number of nitrogens with one attached hydrogen (secondary N) is 1. The zero-order chi connectivity index (χ0) is 9.47. The van der Waals surface area contributed by atoms with Crippen molar-refractivity contribution in [2.75, 3.05) is 0 Å². The topological polar surface area (TPSA) is 95.9 Å². The Morgan fingerprint density at radius 1 is 1.46 bits per heavy atom. The predicted molar refractivity (Wildman–Crippen MR) is 43.7 cm³/mol. The van der Waals surface area contributed by atoms with Gasteiger partial charge in [0.2, 0.25) is 0 Å². The molecule has 0 saturated carbocycles. The molecule has 0 spiro atoms. The third kappa shape index (κ3) is 1.27. The van der Waals surface area contributed by atoms with Gasteiger partial charge >= 0.3 is 10.1 Å². The Morgan fingerprint density at radius 3 is 2.92 bits per heavy atom. The summed E-state index contributed by atoms with van der Waals surface area (Å²) in [4.78, 5) is 3.80. The first-order valence-corrected chi connectivity index (χ1v) is 4.79. The van der Waals surface area contributed by atoms with Crippen molar-refractivity contribution in [1.29, 1.82) is 0 Å². The third-order valence-corrected chi connectivity index (χ3v) is 2.38. The van der Waals surface area contributed by atoms with Gasteiger partial charge in [-0.15, -0.1) is 0 Å². The van der Waals surface area contributed by atoms with Gasteiger partial charge in [0.15, 0.2) is 10.7 Å². The fourth-order valence-electron chi connectivity index (χ4n) is 1.02. The maximum Gasteiger partial charge on any atom is 0.312 e. The zero-order valence-electron chi connectivity index (χ0n) is 6.30. The van der Waals surface area contributed by atoms with Crippen molar-refractivity contribution in [3.63, 3.8) is 0 Å². The highest BCUT2D eigenvalue weighted by molar-refractivity contribution is 7.86. The molecule has 0 saturated heterocycles. The molecule has 68 valence electrons. The molecule has 2 rings (SSSR count). The minimum atomic E-state index is -4.24. The van der Waals surface area contributed by atoms with Gasteiger partial charge in [0.05, 0.1) is 5.39 Å². The van der Waals surface area contributed by atoms with Crippen molar-refractivity contribution in [2.45, 2.75) is 5.03 Å². The molecule has 0 radical (unpaired) electrons. The zero-order valence-corrected chi connectivity index (χ0v) is 7.11. The highest BCUT2D eigenvalue weighted by Crippen LogP contribution is 2.16. The first-order valence-electron chi connectivity index (χ1n) is 3.35. The highest BCUT2D eigenvalue weighted by Gasteiger charge is 2.16. The van der Waals surface area contributed by atoms with E-state index >= 15 is 0 Å². The first kappa shape index (κ1) is 8.14. The van der Waals surface area contributed by atoms with E-state index in [0.29, 0.717) is 0 Å². The van der Waals surface area contributed by atoms with Gasteiger partial charge in [-0.2, -0.15) is 13.5 Å². The van der Waals surface area contributed by atoms with E-state index in [4.69, 9.17) is 4.55 Å². The van der Waals surface area contributed by atoms with Gasteiger partial charge in [0.25, 0.3) is 0 Å². The van der Waals surface area contributed by atoms with Gasteiger partial charge in [-0.1, -0.05) is 0 Å². The van der Waals surface area contributed by atoms with Gasteiger partial charge in [0, 0.05) is 6.20 Å². The van der Waals surface area contributed by atoms with Crippen LogP contribution in [0.5, 0.6) is 0 Å². The molecule has 0 aliphatic heterocycles. The van der Waals surface area contributed by atoms with E-state index < -0.39 is 10.1 Å². The van der Waals surface area contributed by atoms with Crippen LogP contribution in [0.3, 0.4) is 0 Å². The number of hydrogen-bond acceptors (Lipinski definition) is 4. The number of aromatic nitrogens is 3. The Bertz CT molecular complexity index is 545. The van der Waals surface area contributed by atoms with Crippen molar-refractivity contribution < 1.29 is 13.0 Å². The van der Waals surface area contributed by atoms with Crippen molar-refractivity contribution >= 4 is 21.2 Å². The molecule has 7 heteroatoms. The molecule has 0 aliphatic rings. The van der Waals surface area contributed by atoms with Crippen LogP contribution in [0.15, 0.2) is 23.4 Å². The number of aromatic amines is 1. The first-order chi connectivity index (χ1) is 6.09. The summed E-state index contributed by atoms with van der Waals surface area (Å²) < 4.78 is 30.3. The van der Waals surface area contributed by atoms with Gasteiger partial charge < -0.3 is 0 Å². The number of hydrogen-bond donors (Lipinski definition) is 2. The minimum absolute atomic E-state index is 0.259. The largest absolute Gasteiger partial charge is 0.312 e. The standard InChI is InChI=1S/C6H5N3O3S/c10-13(11,12)6-4-2-1-3-7-5(4)8-9-6/h1-3H,(H,7,8,9)(H,10,11,12). The second-order valence-corrected chi connectivity index (χ2v) is 3.76. The summed E-state index contributed by atoms with van der Waals surface area (Å²) in [5.74, 6) is 0. The smallest absolute Gasteiger partial charge is 0.281 e. The van der Waals surface area contributed by atoms with Gasteiger partial charge in [0.1, 0.15) is 0 Å². The van der Waals surface area contributed by atoms with E-state index in [1.807, 2.05) is 0 Å². The number of fused-ring (bicyclic) bond motifs is 1. The Kier molecular flexibility index (Phi) is 1.57. The molecule has 6 nitrogen and oxygen atoms in total. The van der Waals surface area contributed by atoms with Gasteiger partial charge in [-0.25, -0.2) is 4.98 Å². The van der Waals surface area contributed by atoms with Crippen molar-refractivity contribution in [2.24, 2.45) is 0 Å². The summed E-state index contributed by atoms with van der Waals surface area (Å²) in [5, 5.41) is 5.77. The number of nitrogens with zero attached hydrogens (tertiary/aromatic N) is 2. The lowest BCUT2D eigenvalue weighted by Crippen LogP contribution is -1.98. The number of H-pyrrole nitrogens is 1. The predicted octanol–water partition coefficient (Wildman–Crippen LogP) is 0.205. The molecule has 0 aromatic carbocycles. The molecule has 2 aromatic rings. The second kappa shape index (κ2) is 2.51. The van der Waals surface area contributed by atoms with Crippen LogP contribution < -0.4 is 0 Å². The van der Waals surface area contributed by atoms with E-state index in [-0.39, 0.29) is 16.1 Å². The highest BCUT2D eigenvalue weighted by atomic mass is 32.2. The SMILES string of the molecule is O=S(=O)(O)c1[nH]nc2ncccc12. The summed E-state index contributed by atoms with van der Waals surface area (Å²) in [5.41, 5.74) is 0.259. The van der Waals surface area contributed by atoms with E-state index in [1.54, 1.807) is 6.07 Å². The maximum absolute atomic E-state index is 10.8. The molecule has 13 heavy (non-hydrogen) atoms. The van der Waals surface area contributed by atoms with E-state index in [1.165, 1.54) is 12.3 Å². The fourth-order valence-corrected chi connectivity index (χ4v) is 1.62. The molecule has 0 unspecified atom stereocenters. The third-order valence-electron chi connectivity index (χ3n) is 1.55. The normalized spacial score (nSPS) is 12.1. The summed E-state index contributed by atoms with van der Waals surface area (Å²) in [7, 11) is -4.24. The van der Waals surface area contributed by atoms with Crippen LogP contribution >= 0.6 is 0 Å². The lowest BCUT2D eigenvalue weighted by atomic mass is 10.4. The summed E-state index contributed by atoms with van der Waals surface area (Å²) >= 11 is 0. The quantitative estimate of drug-likeness (QED) is 0.640.